The molecule has 0 saturated carbocycles. The summed E-state index contributed by atoms with van der Waals surface area (Å²) >= 11 is 0. The van der Waals surface area contributed by atoms with Gasteiger partial charge in [-0.3, -0.25) is 0 Å². The zero-order chi connectivity index (χ0) is 4.12. The third-order valence-corrected chi connectivity index (χ3v) is 0.493. The predicted octanol–water partition coefficient (Wildman–Crippen LogP) is 1.97. The van der Waals surface area contributed by atoms with Crippen LogP contribution in [0.3, 0.4) is 0 Å². The van der Waals surface area contributed by atoms with Gasteiger partial charge in [-0.15, -0.1) is 6.58 Å². The van der Waals surface area contributed by atoms with E-state index in [-0.39, 0.29) is 17.1 Å². The Balaban J connectivity index is 0. The maximum atomic E-state index is 3.55. The van der Waals surface area contributed by atoms with Crippen LogP contribution in [0, 0.1) is 0 Å². The van der Waals surface area contributed by atoms with Gasteiger partial charge in [-0.25, -0.2) is 0 Å². The number of rotatable bonds is 2. The molecule has 0 aliphatic carbocycles. The van der Waals surface area contributed by atoms with Crippen LogP contribution in [0.5, 0.6) is 0 Å². The Labute approximate surface area is 50.1 Å². The SMILES string of the molecule is C=CCCC.[Cu]. The molecule has 0 aliphatic rings. The molecule has 0 aromatic heterocycles. The van der Waals surface area contributed by atoms with Gasteiger partial charge in [0.25, 0.3) is 0 Å². The van der Waals surface area contributed by atoms with Crippen LogP contribution in [0.15, 0.2) is 12.7 Å². The van der Waals surface area contributed by atoms with Crippen LogP contribution >= 0.6 is 0 Å². The zero-order valence-electron chi connectivity index (χ0n) is 4.00. The molecule has 0 nitrogen and oxygen atoms in total. The molecule has 0 unspecified atom stereocenters. The second-order valence-corrected chi connectivity index (χ2v) is 1.08. The Bertz CT molecular complexity index is 25.1. The molecular weight excluding hydrogens is 124 g/mol. The normalized spacial score (nSPS) is 6.17. The topological polar surface area (TPSA) is 0 Å². The Morgan fingerprint density at radius 2 is 2.17 bits per heavy atom. The van der Waals surface area contributed by atoms with Gasteiger partial charge in [0.1, 0.15) is 0 Å². The van der Waals surface area contributed by atoms with E-state index < -0.39 is 0 Å². The summed E-state index contributed by atoms with van der Waals surface area (Å²) in [6.45, 7) is 5.69. The fourth-order valence-corrected chi connectivity index (χ4v) is 0.204. The first-order valence-electron chi connectivity index (χ1n) is 2.02. The first-order chi connectivity index (χ1) is 2.41. The smallest absolute Gasteiger partial charge is 0 e. The van der Waals surface area contributed by atoms with E-state index in [1.807, 2.05) is 6.08 Å². The fraction of sp³-hybridized carbons (Fsp3) is 0.600. The van der Waals surface area contributed by atoms with Crippen molar-refractivity contribution in [3.8, 4) is 0 Å². The van der Waals surface area contributed by atoms with E-state index in [1.165, 1.54) is 6.42 Å². The first-order valence-corrected chi connectivity index (χ1v) is 2.02. The predicted molar refractivity (Wildman–Crippen MR) is 25.1 cm³/mol. The Kier molecular flexibility index (Phi) is 14.3. The van der Waals surface area contributed by atoms with Crippen molar-refractivity contribution in [2.45, 2.75) is 19.8 Å². The first kappa shape index (κ1) is 9.54. The molecule has 0 rings (SSSR count). The van der Waals surface area contributed by atoms with Gasteiger partial charge in [-0.2, -0.15) is 0 Å². The molecule has 0 bridgehead atoms. The summed E-state index contributed by atoms with van der Waals surface area (Å²) < 4.78 is 0. The van der Waals surface area contributed by atoms with Gasteiger partial charge in [0.15, 0.2) is 0 Å². The fourth-order valence-electron chi connectivity index (χ4n) is 0.204. The monoisotopic (exact) mass is 133 g/mol. The summed E-state index contributed by atoms with van der Waals surface area (Å²) in [6.07, 6.45) is 4.31. The minimum atomic E-state index is 0. The van der Waals surface area contributed by atoms with Gasteiger partial charge < -0.3 is 0 Å². The third kappa shape index (κ3) is 8.86. The number of hydrogen-bond donors (Lipinski definition) is 0. The van der Waals surface area contributed by atoms with Gasteiger partial charge in [-0.05, 0) is 6.42 Å². The molecule has 1 heteroatoms. The minimum Gasteiger partial charge on any atom is -0.103 e. The molecule has 0 heterocycles. The average molecular weight is 134 g/mol. The van der Waals surface area contributed by atoms with Crippen molar-refractivity contribution in [2.75, 3.05) is 0 Å². The van der Waals surface area contributed by atoms with Crippen molar-refractivity contribution in [3.63, 3.8) is 0 Å². The Morgan fingerprint density at radius 1 is 1.67 bits per heavy atom. The Morgan fingerprint density at radius 3 is 2.17 bits per heavy atom. The van der Waals surface area contributed by atoms with E-state index in [1.54, 1.807) is 0 Å². The van der Waals surface area contributed by atoms with Gasteiger partial charge in [-0.1, -0.05) is 19.4 Å². The standard InChI is InChI=1S/C5H10.Cu/c1-3-5-4-2;/h3H,1,4-5H2,2H3;. The summed E-state index contributed by atoms with van der Waals surface area (Å²) in [7, 11) is 0. The molecule has 0 aliphatic heterocycles. The Hall–Kier alpha value is 0.259. The molecule has 0 fully saturated rings. The van der Waals surface area contributed by atoms with E-state index in [4.69, 9.17) is 0 Å². The van der Waals surface area contributed by atoms with E-state index in [0.717, 1.165) is 6.42 Å². The van der Waals surface area contributed by atoms with Crippen molar-refractivity contribution >= 4 is 0 Å². The minimum absolute atomic E-state index is 0. The van der Waals surface area contributed by atoms with Crippen molar-refractivity contribution < 1.29 is 17.1 Å². The number of hydrogen-bond acceptors (Lipinski definition) is 0. The van der Waals surface area contributed by atoms with Gasteiger partial charge >= 0.3 is 0 Å². The number of allylic oxidation sites excluding steroid dienone is 1. The molecule has 0 aromatic rings. The summed E-state index contributed by atoms with van der Waals surface area (Å²) in [5.74, 6) is 0. The van der Waals surface area contributed by atoms with Crippen molar-refractivity contribution in [2.24, 2.45) is 0 Å². The molecule has 0 N–H and O–H groups in total. The van der Waals surface area contributed by atoms with Crippen molar-refractivity contribution in [1.82, 2.24) is 0 Å². The molecule has 0 saturated heterocycles. The molecule has 0 amide bonds. The second-order valence-electron chi connectivity index (χ2n) is 1.08. The van der Waals surface area contributed by atoms with Crippen molar-refractivity contribution in [3.05, 3.63) is 12.7 Å². The van der Waals surface area contributed by atoms with Crippen LogP contribution in [0.4, 0.5) is 0 Å². The molecule has 0 spiro atoms. The summed E-state index contributed by atoms with van der Waals surface area (Å²) in [6, 6.07) is 0. The molecule has 0 atom stereocenters. The van der Waals surface area contributed by atoms with Crippen LogP contribution < -0.4 is 0 Å². The van der Waals surface area contributed by atoms with E-state index in [9.17, 15) is 0 Å². The summed E-state index contributed by atoms with van der Waals surface area (Å²) in [5, 5.41) is 0. The van der Waals surface area contributed by atoms with Crippen LogP contribution in [-0.4, -0.2) is 0 Å². The molecule has 6 heavy (non-hydrogen) atoms. The van der Waals surface area contributed by atoms with E-state index in [0.29, 0.717) is 0 Å². The molecular formula is C5H10Cu. The van der Waals surface area contributed by atoms with Crippen LogP contribution in [0.1, 0.15) is 19.8 Å². The molecule has 0 aromatic carbocycles. The number of unbranched alkanes of at least 4 members (excludes halogenated alkanes) is 1. The largest absolute Gasteiger partial charge is 0.103 e. The maximum Gasteiger partial charge on any atom is 0 e. The maximum absolute atomic E-state index is 3.55. The van der Waals surface area contributed by atoms with Gasteiger partial charge in [0.05, 0.1) is 0 Å². The van der Waals surface area contributed by atoms with Gasteiger partial charge in [0, 0.05) is 17.1 Å². The van der Waals surface area contributed by atoms with Crippen LogP contribution in [0.25, 0.3) is 0 Å². The average Bonchev–Trinajstić information content (AvgIpc) is 1.41. The second kappa shape index (κ2) is 8.98. The van der Waals surface area contributed by atoms with Gasteiger partial charge in [0.2, 0.25) is 0 Å². The van der Waals surface area contributed by atoms with Crippen molar-refractivity contribution in [1.29, 1.82) is 0 Å². The summed E-state index contributed by atoms with van der Waals surface area (Å²) in [4.78, 5) is 0. The summed E-state index contributed by atoms with van der Waals surface area (Å²) in [5.41, 5.74) is 0. The molecule has 1 radical (unpaired) electrons. The van der Waals surface area contributed by atoms with E-state index in [2.05, 4.69) is 13.5 Å². The third-order valence-electron chi connectivity index (χ3n) is 0.493. The quantitative estimate of drug-likeness (QED) is 0.399. The van der Waals surface area contributed by atoms with Crippen LogP contribution in [0.2, 0.25) is 0 Å². The molecule has 41 valence electrons. The van der Waals surface area contributed by atoms with E-state index >= 15 is 0 Å². The zero-order valence-corrected chi connectivity index (χ0v) is 4.94. The van der Waals surface area contributed by atoms with Crippen LogP contribution in [-0.2, 0) is 17.1 Å².